The van der Waals surface area contributed by atoms with Crippen molar-refractivity contribution in [2.45, 2.75) is 32.7 Å². The van der Waals surface area contributed by atoms with E-state index >= 15 is 0 Å². The van der Waals surface area contributed by atoms with Gasteiger partial charge in [0.25, 0.3) is 0 Å². The summed E-state index contributed by atoms with van der Waals surface area (Å²) in [5, 5.41) is 3.53. The molecule has 0 amide bonds. The molecule has 2 aromatic carbocycles. The van der Waals surface area contributed by atoms with E-state index < -0.39 is 0 Å². The molecule has 0 spiro atoms. The van der Waals surface area contributed by atoms with Gasteiger partial charge in [-0.1, -0.05) is 43.7 Å². The topological polar surface area (TPSA) is 30.5 Å². The van der Waals surface area contributed by atoms with Gasteiger partial charge in [-0.3, -0.25) is 0 Å². The highest BCUT2D eigenvalue weighted by Crippen LogP contribution is 2.17. The van der Waals surface area contributed by atoms with E-state index in [1.165, 1.54) is 18.4 Å². The van der Waals surface area contributed by atoms with Crippen LogP contribution in [-0.2, 0) is 0 Å². The van der Waals surface area contributed by atoms with E-state index in [-0.39, 0.29) is 0 Å². The number of hydrogen-bond donors (Lipinski definition) is 1. The van der Waals surface area contributed by atoms with Gasteiger partial charge in [0, 0.05) is 6.04 Å². The van der Waals surface area contributed by atoms with E-state index in [4.69, 9.17) is 9.47 Å². The molecule has 0 aliphatic heterocycles. The van der Waals surface area contributed by atoms with Crippen LogP contribution in [0.15, 0.2) is 54.6 Å². The number of rotatable bonds is 10. The van der Waals surface area contributed by atoms with E-state index in [1.807, 2.05) is 42.5 Å². The Morgan fingerprint density at radius 2 is 1.48 bits per heavy atom. The van der Waals surface area contributed by atoms with Crippen LogP contribution < -0.4 is 14.8 Å². The molecule has 124 valence electrons. The second-order valence-corrected chi connectivity index (χ2v) is 5.61. The molecular weight excluding hydrogens is 286 g/mol. The van der Waals surface area contributed by atoms with E-state index in [0.29, 0.717) is 19.3 Å². The molecule has 1 unspecified atom stereocenters. The maximum Gasteiger partial charge on any atom is 0.122 e. The van der Waals surface area contributed by atoms with E-state index in [9.17, 15) is 0 Å². The van der Waals surface area contributed by atoms with Gasteiger partial charge in [-0.15, -0.1) is 0 Å². The Hall–Kier alpha value is -2.00. The van der Waals surface area contributed by atoms with Crippen LogP contribution in [0, 0.1) is 0 Å². The third-order valence-electron chi connectivity index (χ3n) is 3.72. The number of para-hydroxylation sites is 1. The summed E-state index contributed by atoms with van der Waals surface area (Å²) in [5.74, 6) is 1.75. The zero-order valence-corrected chi connectivity index (χ0v) is 14.1. The van der Waals surface area contributed by atoms with Crippen molar-refractivity contribution in [1.29, 1.82) is 0 Å². The van der Waals surface area contributed by atoms with Gasteiger partial charge in [0.1, 0.15) is 24.7 Å². The van der Waals surface area contributed by atoms with Crippen molar-refractivity contribution in [3.63, 3.8) is 0 Å². The third-order valence-corrected chi connectivity index (χ3v) is 3.72. The molecule has 3 heteroatoms. The maximum absolute atomic E-state index is 5.72. The van der Waals surface area contributed by atoms with Gasteiger partial charge in [-0.25, -0.2) is 0 Å². The Balaban J connectivity index is 1.70. The minimum atomic E-state index is 0.372. The number of benzene rings is 2. The lowest BCUT2D eigenvalue weighted by atomic mass is 10.1. The molecule has 0 aromatic heterocycles. The fourth-order valence-electron chi connectivity index (χ4n) is 2.30. The molecule has 2 aromatic rings. The highest BCUT2D eigenvalue weighted by Gasteiger charge is 2.04. The normalized spacial score (nSPS) is 11.9. The van der Waals surface area contributed by atoms with Crippen molar-refractivity contribution in [3.05, 3.63) is 60.2 Å². The zero-order chi connectivity index (χ0) is 16.3. The summed E-state index contributed by atoms with van der Waals surface area (Å²) in [7, 11) is 0. The summed E-state index contributed by atoms with van der Waals surface area (Å²) in [6, 6.07) is 18.5. The first kappa shape index (κ1) is 17.4. The number of nitrogens with one attached hydrogen (secondary N) is 1. The number of ether oxygens (including phenoxy) is 2. The van der Waals surface area contributed by atoms with Crippen LogP contribution in [0.5, 0.6) is 11.5 Å². The summed E-state index contributed by atoms with van der Waals surface area (Å²) >= 11 is 0. The largest absolute Gasteiger partial charge is 0.490 e. The lowest BCUT2D eigenvalue weighted by Crippen LogP contribution is -2.19. The van der Waals surface area contributed by atoms with Crippen molar-refractivity contribution in [2.24, 2.45) is 0 Å². The first-order valence-corrected chi connectivity index (χ1v) is 8.43. The van der Waals surface area contributed by atoms with Gasteiger partial charge in [0.15, 0.2) is 0 Å². The van der Waals surface area contributed by atoms with E-state index in [2.05, 4.69) is 31.3 Å². The van der Waals surface area contributed by atoms with Gasteiger partial charge in [0.05, 0.1) is 0 Å². The number of unbranched alkanes of at least 4 members (excludes halogenated alkanes) is 1. The molecule has 1 N–H and O–H groups in total. The fraction of sp³-hybridized carbons (Fsp3) is 0.400. The quantitative estimate of drug-likeness (QED) is 0.651. The standard InChI is InChI=1S/C20H27NO2/c1-3-4-14-21-17(2)18-10-12-20(13-11-18)23-16-15-22-19-8-6-5-7-9-19/h5-13,17,21H,3-4,14-16H2,1-2H3. The van der Waals surface area contributed by atoms with Gasteiger partial charge in [-0.2, -0.15) is 0 Å². The van der Waals surface area contributed by atoms with Crippen molar-refractivity contribution in [1.82, 2.24) is 5.32 Å². The molecule has 3 nitrogen and oxygen atoms in total. The van der Waals surface area contributed by atoms with Crippen LogP contribution in [0.2, 0.25) is 0 Å². The molecule has 2 rings (SSSR count). The van der Waals surface area contributed by atoms with Crippen molar-refractivity contribution < 1.29 is 9.47 Å². The van der Waals surface area contributed by atoms with Crippen LogP contribution >= 0.6 is 0 Å². The molecule has 0 heterocycles. The smallest absolute Gasteiger partial charge is 0.122 e. The summed E-state index contributed by atoms with van der Waals surface area (Å²) in [6.45, 7) is 6.55. The van der Waals surface area contributed by atoms with Crippen molar-refractivity contribution in [3.8, 4) is 11.5 Å². The van der Waals surface area contributed by atoms with Gasteiger partial charge >= 0.3 is 0 Å². The average molecular weight is 313 g/mol. The Morgan fingerprint density at radius 3 is 2.09 bits per heavy atom. The fourth-order valence-corrected chi connectivity index (χ4v) is 2.30. The number of hydrogen-bond acceptors (Lipinski definition) is 3. The van der Waals surface area contributed by atoms with Crippen molar-refractivity contribution >= 4 is 0 Å². The first-order chi connectivity index (χ1) is 11.3. The Labute approximate surface area is 139 Å². The predicted molar refractivity (Wildman–Crippen MR) is 95.2 cm³/mol. The minimum Gasteiger partial charge on any atom is -0.490 e. The lowest BCUT2D eigenvalue weighted by molar-refractivity contribution is 0.217. The molecule has 23 heavy (non-hydrogen) atoms. The molecule has 0 aliphatic carbocycles. The second-order valence-electron chi connectivity index (χ2n) is 5.61. The molecule has 1 atom stereocenters. The minimum absolute atomic E-state index is 0.372. The molecule has 0 saturated carbocycles. The second kappa shape index (κ2) is 9.90. The van der Waals surface area contributed by atoms with Gasteiger partial charge in [-0.05, 0) is 49.7 Å². The molecule has 0 bridgehead atoms. The molecular formula is C20H27NO2. The van der Waals surface area contributed by atoms with Crippen LogP contribution in [-0.4, -0.2) is 19.8 Å². The lowest BCUT2D eigenvalue weighted by Gasteiger charge is -2.14. The SMILES string of the molecule is CCCCNC(C)c1ccc(OCCOc2ccccc2)cc1. The Morgan fingerprint density at radius 1 is 0.870 bits per heavy atom. The predicted octanol–water partition coefficient (Wildman–Crippen LogP) is 4.60. The van der Waals surface area contributed by atoms with Crippen LogP contribution in [0.4, 0.5) is 0 Å². The highest BCUT2D eigenvalue weighted by atomic mass is 16.5. The van der Waals surface area contributed by atoms with Gasteiger partial charge < -0.3 is 14.8 Å². The first-order valence-electron chi connectivity index (χ1n) is 8.43. The van der Waals surface area contributed by atoms with Crippen molar-refractivity contribution in [2.75, 3.05) is 19.8 Å². The Kier molecular flexibility index (Phi) is 7.47. The zero-order valence-electron chi connectivity index (χ0n) is 14.1. The van der Waals surface area contributed by atoms with Gasteiger partial charge in [0.2, 0.25) is 0 Å². The Bertz CT molecular complexity index is 539. The molecule has 0 saturated heterocycles. The highest BCUT2D eigenvalue weighted by molar-refractivity contribution is 5.29. The van der Waals surface area contributed by atoms with Crippen LogP contribution in [0.1, 0.15) is 38.3 Å². The van der Waals surface area contributed by atoms with Crippen LogP contribution in [0.25, 0.3) is 0 Å². The van der Waals surface area contributed by atoms with E-state index in [1.54, 1.807) is 0 Å². The maximum atomic E-state index is 5.72. The average Bonchev–Trinajstić information content (AvgIpc) is 2.60. The summed E-state index contributed by atoms with van der Waals surface area (Å²) in [5.41, 5.74) is 1.29. The van der Waals surface area contributed by atoms with Crippen LogP contribution in [0.3, 0.4) is 0 Å². The molecule has 0 aliphatic rings. The summed E-state index contributed by atoms with van der Waals surface area (Å²) in [6.07, 6.45) is 2.44. The van der Waals surface area contributed by atoms with E-state index in [0.717, 1.165) is 18.0 Å². The molecule has 0 radical (unpaired) electrons. The third kappa shape index (κ3) is 6.33. The molecule has 0 fully saturated rings. The summed E-state index contributed by atoms with van der Waals surface area (Å²) in [4.78, 5) is 0. The monoisotopic (exact) mass is 313 g/mol. The summed E-state index contributed by atoms with van der Waals surface area (Å²) < 4.78 is 11.3.